The summed E-state index contributed by atoms with van der Waals surface area (Å²) in [6, 6.07) is 8.73. The Balaban J connectivity index is 2.71. The van der Waals surface area contributed by atoms with Gasteiger partial charge in [0.25, 0.3) is 14.2 Å². The summed E-state index contributed by atoms with van der Waals surface area (Å²) in [5, 5.41) is 6.73. The molecule has 0 aliphatic heterocycles. The van der Waals surface area contributed by atoms with Crippen LogP contribution < -0.4 is 4.74 Å². The Bertz CT molecular complexity index is 624. The highest BCUT2D eigenvalue weighted by Gasteiger charge is 2.24. The standard InChI is InChI=1S/C9H8ClN3O3S/c1-16-8-11-12-9(17(10,14)15)13(8)7-5-3-2-4-6-7/h2-6H,1H3. The number of aromatic nitrogens is 3. The second kappa shape index (κ2) is 4.34. The van der Waals surface area contributed by atoms with Gasteiger partial charge < -0.3 is 4.74 Å². The summed E-state index contributed by atoms with van der Waals surface area (Å²) in [5.74, 6) is 0. The van der Waals surface area contributed by atoms with E-state index in [0.717, 1.165) is 0 Å². The minimum absolute atomic E-state index is 0.0513. The molecule has 0 aliphatic carbocycles. The van der Waals surface area contributed by atoms with Gasteiger partial charge in [0, 0.05) is 10.7 Å². The van der Waals surface area contributed by atoms with E-state index in [1.165, 1.54) is 11.7 Å². The highest BCUT2D eigenvalue weighted by atomic mass is 35.7. The first-order chi connectivity index (χ1) is 8.04. The van der Waals surface area contributed by atoms with Gasteiger partial charge in [0.2, 0.25) is 0 Å². The van der Waals surface area contributed by atoms with Crippen LogP contribution in [-0.4, -0.2) is 30.3 Å². The lowest BCUT2D eigenvalue weighted by Gasteiger charge is -2.06. The molecular formula is C9H8ClN3O3S. The maximum absolute atomic E-state index is 11.3. The van der Waals surface area contributed by atoms with Crippen molar-refractivity contribution in [3.05, 3.63) is 30.3 Å². The van der Waals surface area contributed by atoms with Crippen molar-refractivity contribution in [3.63, 3.8) is 0 Å². The molecule has 0 radical (unpaired) electrons. The third-order valence-electron chi connectivity index (χ3n) is 2.02. The quantitative estimate of drug-likeness (QED) is 0.786. The lowest BCUT2D eigenvalue weighted by atomic mass is 10.3. The first-order valence-electron chi connectivity index (χ1n) is 4.53. The fourth-order valence-corrected chi connectivity index (χ4v) is 2.18. The smallest absolute Gasteiger partial charge is 0.322 e. The third-order valence-corrected chi connectivity index (χ3v) is 3.13. The number of benzene rings is 1. The molecule has 1 heterocycles. The van der Waals surface area contributed by atoms with E-state index in [4.69, 9.17) is 15.4 Å². The normalized spacial score (nSPS) is 11.4. The number of para-hydroxylation sites is 1. The first kappa shape index (κ1) is 11.9. The van der Waals surface area contributed by atoms with E-state index in [0.29, 0.717) is 5.69 Å². The van der Waals surface area contributed by atoms with Crippen molar-refractivity contribution in [2.75, 3.05) is 7.11 Å². The van der Waals surface area contributed by atoms with Crippen molar-refractivity contribution in [3.8, 4) is 11.7 Å². The van der Waals surface area contributed by atoms with Crippen molar-refractivity contribution < 1.29 is 13.2 Å². The fraction of sp³-hybridized carbons (Fsp3) is 0.111. The van der Waals surface area contributed by atoms with E-state index >= 15 is 0 Å². The Labute approximate surface area is 102 Å². The Kier molecular flexibility index (Phi) is 3.03. The van der Waals surface area contributed by atoms with Crippen molar-refractivity contribution in [1.29, 1.82) is 0 Å². The lowest BCUT2D eigenvalue weighted by molar-refractivity contribution is 0.369. The fourth-order valence-electron chi connectivity index (χ4n) is 1.34. The molecule has 0 amide bonds. The monoisotopic (exact) mass is 273 g/mol. The SMILES string of the molecule is COc1nnc(S(=O)(=O)Cl)n1-c1ccccc1. The molecule has 0 saturated heterocycles. The number of hydrogen-bond donors (Lipinski definition) is 0. The molecule has 90 valence electrons. The molecule has 6 nitrogen and oxygen atoms in total. The Hall–Kier alpha value is -1.60. The van der Waals surface area contributed by atoms with Gasteiger partial charge in [0.05, 0.1) is 12.8 Å². The van der Waals surface area contributed by atoms with Crippen molar-refractivity contribution in [1.82, 2.24) is 14.8 Å². The molecule has 0 saturated carbocycles. The lowest BCUT2D eigenvalue weighted by Crippen LogP contribution is -2.05. The average molecular weight is 274 g/mol. The molecule has 0 N–H and O–H groups in total. The van der Waals surface area contributed by atoms with Crippen LogP contribution in [0.3, 0.4) is 0 Å². The largest absolute Gasteiger partial charge is 0.467 e. The number of methoxy groups -OCH3 is 1. The predicted molar refractivity (Wildman–Crippen MR) is 60.9 cm³/mol. The molecule has 0 spiro atoms. The highest BCUT2D eigenvalue weighted by molar-refractivity contribution is 8.13. The van der Waals surface area contributed by atoms with Gasteiger partial charge in [0.1, 0.15) is 0 Å². The topological polar surface area (TPSA) is 74.1 Å². The van der Waals surface area contributed by atoms with Crippen LogP contribution in [0.15, 0.2) is 35.5 Å². The van der Waals surface area contributed by atoms with E-state index in [9.17, 15) is 8.42 Å². The van der Waals surface area contributed by atoms with Crippen LogP contribution in [0.2, 0.25) is 0 Å². The Morgan fingerprint density at radius 2 is 1.88 bits per heavy atom. The maximum atomic E-state index is 11.3. The summed E-state index contributed by atoms with van der Waals surface area (Å²) in [7, 11) is 2.66. The summed E-state index contributed by atoms with van der Waals surface area (Å²) < 4.78 is 28.9. The molecule has 2 rings (SSSR count). The number of ether oxygens (including phenoxy) is 1. The van der Waals surface area contributed by atoms with Crippen molar-refractivity contribution in [2.24, 2.45) is 0 Å². The minimum atomic E-state index is -3.99. The molecule has 0 bridgehead atoms. The van der Waals surface area contributed by atoms with Gasteiger partial charge in [-0.15, -0.1) is 5.10 Å². The number of rotatable bonds is 3. The van der Waals surface area contributed by atoms with E-state index in [2.05, 4.69) is 10.2 Å². The van der Waals surface area contributed by atoms with Crippen LogP contribution in [-0.2, 0) is 9.05 Å². The zero-order valence-corrected chi connectivity index (χ0v) is 10.3. The van der Waals surface area contributed by atoms with Gasteiger partial charge in [-0.1, -0.05) is 23.3 Å². The van der Waals surface area contributed by atoms with Gasteiger partial charge in [-0.05, 0) is 12.1 Å². The Morgan fingerprint density at radius 3 is 2.41 bits per heavy atom. The zero-order valence-electron chi connectivity index (χ0n) is 8.74. The molecular weight excluding hydrogens is 266 g/mol. The number of hydrogen-bond acceptors (Lipinski definition) is 5. The molecule has 1 aromatic carbocycles. The van der Waals surface area contributed by atoms with Crippen LogP contribution >= 0.6 is 10.7 Å². The summed E-state index contributed by atoms with van der Waals surface area (Å²) in [5.41, 5.74) is 0.550. The van der Waals surface area contributed by atoms with Crippen LogP contribution in [0.25, 0.3) is 5.69 Å². The zero-order chi connectivity index (χ0) is 12.5. The van der Waals surface area contributed by atoms with Crippen LogP contribution in [0, 0.1) is 0 Å². The summed E-state index contributed by atoms with van der Waals surface area (Å²) in [4.78, 5) is 0. The molecule has 17 heavy (non-hydrogen) atoms. The summed E-state index contributed by atoms with van der Waals surface area (Å²) in [6.07, 6.45) is 0. The molecule has 0 fully saturated rings. The first-order valence-corrected chi connectivity index (χ1v) is 6.84. The van der Waals surface area contributed by atoms with E-state index in [1.807, 2.05) is 0 Å². The number of halogens is 1. The van der Waals surface area contributed by atoms with Gasteiger partial charge in [-0.3, -0.25) is 0 Å². The van der Waals surface area contributed by atoms with Gasteiger partial charge in [0.15, 0.2) is 0 Å². The van der Waals surface area contributed by atoms with E-state index in [1.54, 1.807) is 30.3 Å². The summed E-state index contributed by atoms with van der Waals surface area (Å²) in [6.45, 7) is 0. The van der Waals surface area contributed by atoms with Crippen molar-refractivity contribution in [2.45, 2.75) is 5.16 Å². The van der Waals surface area contributed by atoms with Crippen molar-refractivity contribution >= 4 is 19.7 Å². The second-order valence-corrected chi connectivity index (χ2v) is 5.54. The van der Waals surface area contributed by atoms with Crippen LogP contribution in [0.4, 0.5) is 0 Å². The average Bonchev–Trinajstić information content (AvgIpc) is 2.73. The number of nitrogens with zero attached hydrogens (tertiary/aromatic N) is 3. The minimum Gasteiger partial charge on any atom is -0.467 e. The van der Waals surface area contributed by atoms with E-state index < -0.39 is 9.05 Å². The molecule has 1 aromatic heterocycles. The van der Waals surface area contributed by atoms with Crippen LogP contribution in [0.1, 0.15) is 0 Å². The van der Waals surface area contributed by atoms with Gasteiger partial charge in [-0.2, -0.15) is 0 Å². The van der Waals surface area contributed by atoms with E-state index in [-0.39, 0.29) is 11.2 Å². The maximum Gasteiger partial charge on any atom is 0.322 e. The van der Waals surface area contributed by atoms with Crippen LogP contribution in [0.5, 0.6) is 6.01 Å². The molecule has 0 atom stereocenters. The summed E-state index contributed by atoms with van der Waals surface area (Å²) >= 11 is 0. The van der Waals surface area contributed by atoms with Gasteiger partial charge >= 0.3 is 6.01 Å². The molecule has 8 heteroatoms. The molecule has 0 unspecified atom stereocenters. The highest BCUT2D eigenvalue weighted by Crippen LogP contribution is 2.23. The molecule has 0 aliphatic rings. The molecule has 2 aromatic rings. The third kappa shape index (κ3) is 2.25. The van der Waals surface area contributed by atoms with Gasteiger partial charge in [-0.25, -0.2) is 13.0 Å². The Morgan fingerprint density at radius 1 is 1.24 bits per heavy atom. The predicted octanol–water partition coefficient (Wildman–Crippen LogP) is 1.20. The second-order valence-electron chi connectivity index (χ2n) is 3.08.